The van der Waals surface area contributed by atoms with Gasteiger partial charge in [-0.3, -0.25) is 4.79 Å². The van der Waals surface area contributed by atoms with Crippen molar-refractivity contribution in [2.24, 2.45) is 0 Å². The Morgan fingerprint density at radius 3 is 2.27 bits per heavy atom. The Morgan fingerprint density at radius 2 is 1.70 bits per heavy atom. The number of nitrogens with zero attached hydrogens (tertiary/aromatic N) is 2. The first-order valence-corrected chi connectivity index (χ1v) is 10.3. The van der Waals surface area contributed by atoms with Crippen molar-refractivity contribution in [1.29, 1.82) is 0 Å². The Kier molecular flexibility index (Phi) is 6.37. The molecule has 33 heavy (non-hydrogen) atoms. The van der Waals surface area contributed by atoms with E-state index in [1.165, 1.54) is 0 Å². The molecule has 8 heteroatoms. The number of hydrogen-bond donors (Lipinski definition) is 2. The van der Waals surface area contributed by atoms with E-state index in [9.17, 15) is 14.7 Å². The average Bonchev–Trinajstić information content (AvgIpc) is 3.46. The van der Waals surface area contributed by atoms with E-state index in [1.807, 2.05) is 12.1 Å². The molecule has 2 heterocycles. The third-order valence-electron chi connectivity index (χ3n) is 5.08. The van der Waals surface area contributed by atoms with Crippen molar-refractivity contribution >= 4 is 17.7 Å². The van der Waals surface area contributed by atoms with Crippen LogP contribution in [0.25, 0.3) is 0 Å². The number of carbonyl (C=O) groups is 2. The zero-order valence-electron chi connectivity index (χ0n) is 18.0. The molecule has 0 saturated heterocycles. The molecule has 0 saturated carbocycles. The maximum absolute atomic E-state index is 13.1. The highest BCUT2D eigenvalue weighted by Crippen LogP contribution is 2.31. The van der Waals surface area contributed by atoms with E-state index in [0.717, 1.165) is 0 Å². The molecular weight excluding hydrogens is 422 g/mol. The number of esters is 1. The molecule has 0 fully saturated rings. The number of hydrogen-bond acceptors (Lipinski definition) is 6. The molecule has 0 radical (unpaired) electrons. The summed E-state index contributed by atoms with van der Waals surface area (Å²) in [6.07, 6.45) is 3.41. The van der Waals surface area contributed by atoms with Gasteiger partial charge in [0.2, 0.25) is 11.5 Å². The van der Waals surface area contributed by atoms with Crippen LogP contribution < -0.4 is 5.32 Å². The number of carbonyl (C=O) groups excluding carboxylic acids is 2. The maximum atomic E-state index is 13.1. The zero-order chi connectivity index (χ0) is 23.3. The topological polar surface area (TPSA) is 107 Å². The molecule has 4 aromatic rings. The van der Waals surface area contributed by atoms with Gasteiger partial charge in [0, 0.05) is 24.0 Å². The number of aromatic nitrogens is 2. The quantitative estimate of drug-likeness (QED) is 0.403. The first-order chi connectivity index (χ1) is 15.9. The normalized spacial score (nSPS) is 11.2. The van der Waals surface area contributed by atoms with Crippen LogP contribution in [-0.4, -0.2) is 26.7 Å². The van der Waals surface area contributed by atoms with Crippen LogP contribution in [0.4, 0.5) is 5.82 Å². The highest BCUT2D eigenvalue weighted by atomic mass is 16.5. The smallest absolute Gasteiger partial charge is 0.348 e. The molecule has 2 aromatic carbocycles. The first kappa shape index (κ1) is 22.0. The van der Waals surface area contributed by atoms with E-state index in [2.05, 4.69) is 10.5 Å². The molecule has 1 amide bonds. The highest BCUT2D eigenvalue weighted by Gasteiger charge is 2.41. The van der Waals surface area contributed by atoms with Crippen LogP contribution >= 0.6 is 0 Å². The molecule has 0 unspecified atom stereocenters. The fourth-order valence-electron chi connectivity index (χ4n) is 3.46. The van der Waals surface area contributed by atoms with Crippen LogP contribution in [0, 0.1) is 6.92 Å². The Morgan fingerprint density at radius 1 is 1.06 bits per heavy atom. The van der Waals surface area contributed by atoms with Crippen molar-refractivity contribution in [3.8, 4) is 0 Å². The van der Waals surface area contributed by atoms with Gasteiger partial charge in [-0.15, -0.1) is 0 Å². The zero-order valence-corrected chi connectivity index (χ0v) is 18.0. The van der Waals surface area contributed by atoms with E-state index in [0.29, 0.717) is 28.3 Å². The summed E-state index contributed by atoms with van der Waals surface area (Å²) in [6, 6.07) is 20.7. The van der Waals surface area contributed by atoms with E-state index in [-0.39, 0.29) is 19.1 Å². The van der Waals surface area contributed by atoms with Gasteiger partial charge in [0.1, 0.15) is 18.9 Å². The predicted octanol–water partition coefficient (Wildman–Crippen LogP) is 3.40. The molecule has 2 aromatic heterocycles. The molecule has 0 atom stereocenters. The Balaban J connectivity index is 1.42. The van der Waals surface area contributed by atoms with Crippen molar-refractivity contribution in [2.75, 3.05) is 5.32 Å². The monoisotopic (exact) mass is 445 g/mol. The Hall–Kier alpha value is -4.17. The van der Waals surface area contributed by atoms with Gasteiger partial charge in [0.15, 0.2) is 5.82 Å². The van der Waals surface area contributed by atoms with Gasteiger partial charge in [-0.05, 0) is 24.1 Å². The van der Waals surface area contributed by atoms with Gasteiger partial charge in [0.05, 0.1) is 0 Å². The molecule has 4 rings (SSSR count). The average molecular weight is 445 g/mol. The van der Waals surface area contributed by atoms with Crippen molar-refractivity contribution in [1.82, 2.24) is 9.72 Å². The fourth-order valence-corrected chi connectivity index (χ4v) is 3.46. The minimum absolute atomic E-state index is 0.0534. The number of benzene rings is 2. The molecule has 2 N–H and O–H groups in total. The van der Waals surface area contributed by atoms with E-state index >= 15 is 0 Å². The minimum atomic E-state index is -1.94. The number of amides is 1. The summed E-state index contributed by atoms with van der Waals surface area (Å²) in [5, 5.41) is 17.8. The fraction of sp³-hybridized carbons (Fsp3) is 0.160. The summed E-state index contributed by atoms with van der Waals surface area (Å²) in [6.45, 7) is 1.73. The predicted molar refractivity (Wildman–Crippen MR) is 120 cm³/mol. The largest absolute Gasteiger partial charge is 0.458 e. The number of aliphatic hydroxyl groups is 1. The van der Waals surface area contributed by atoms with E-state index in [4.69, 9.17) is 9.26 Å². The standard InChI is InChI=1S/C25H23N3O5/c1-18-14-22(27-33-18)26-23(29)16-28-13-12-19(15-28)17-32-24(30)25(31,20-8-4-2-5-9-20)21-10-6-3-7-11-21/h2-15,31H,16-17H2,1H3,(H,26,27,29). The van der Waals surface area contributed by atoms with Gasteiger partial charge in [-0.1, -0.05) is 65.8 Å². The summed E-state index contributed by atoms with van der Waals surface area (Å²) in [5.74, 6) is -0.113. The molecule has 0 spiro atoms. The lowest BCUT2D eigenvalue weighted by Crippen LogP contribution is -2.38. The summed E-state index contributed by atoms with van der Waals surface area (Å²) < 4.78 is 12.1. The van der Waals surface area contributed by atoms with Crippen molar-refractivity contribution in [3.63, 3.8) is 0 Å². The lowest BCUT2D eigenvalue weighted by atomic mass is 9.86. The summed E-state index contributed by atoms with van der Waals surface area (Å²) >= 11 is 0. The van der Waals surface area contributed by atoms with Gasteiger partial charge in [0.25, 0.3) is 0 Å². The van der Waals surface area contributed by atoms with Crippen molar-refractivity contribution in [3.05, 3.63) is 108 Å². The maximum Gasteiger partial charge on any atom is 0.348 e. The molecule has 0 aliphatic heterocycles. The van der Waals surface area contributed by atoms with Gasteiger partial charge in [-0.2, -0.15) is 0 Å². The second-order valence-electron chi connectivity index (χ2n) is 7.58. The summed E-state index contributed by atoms with van der Waals surface area (Å²) in [5.41, 5.74) is -0.435. The van der Waals surface area contributed by atoms with Crippen molar-refractivity contribution < 1.29 is 24.0 Å². The second-order valence-corrected chi connectivity index (χ2v) is 7.58. The van der Waals surface area contributed by atoms with Gasteiger partial charge < -0.3 is 24.3 Å². The van der Waals surface area contributed by atoms with Crippen molar-refractivity contribution in [2.45, 2.75) is 25.7 Å². The van der Waals surface area contributed by atoms with Crippen LogP contribution in [0.5, 0.6) is 0 Å². The lowest BCUT2D eigenvalue weighted by Gasteiger charge is -2.27. The SMILES string of the molecule is Cc1cc(NC(=O)Cn2ccc(COC(=O)C(O)(c3ccccc3)c3ccccc3)c2)no1. The van der Waals surface area contributed by atoms with E-state index in [1.54, 1.807) is 84.5 Å². The van der Waals surface area contributed by atoms with Gasteiger partial charge in [-0.25, -0.2) is 4.79 Å². The van der Waals surface area contributed by atoms with E-state index < -0.39 is 11.6 Å². The molecular formula is C25H23N3O5. The summed E-state index contributed by atoms with van der Waals surface area (Å²) in [4.78, 5) is 25.2. The number of ether oxygens (including phenoxy) is 1. The molecule has 0 bridgehead atoms. The van der Waals surface area contributed by atoms with Gasteiger partial charge >= 0.3 is 5.97 Å². The molecule has 8 nitrogen and oxygen atoms in total. The number of aryl methyl sites for hydroxylation is 1. The van der Waals surface area contributed by atoms with Crippen LogP contribution in [0.15, 0.2) is 89.7 Å². The Bertz CT molecular complexity index is 1190. The number of rotatable bonds is 8. The van der Waals surface area contributed by atoms with Crippen LogP contribution in [0.1, 0.15) is 22.5 Å². The number of anilines is 1. The van der Waals surface area contributed by atoms with Crippen LogP contribution in [-0.2, 0) is 33.1 Å². The Labute approximate surface area is 190 Å². The lowest BCUT2D eigenvalue weighted by molar-refractivity contribution is -0.163. The second kappa shape index (κ2) is 9.54. The molecule has 0 aliphatic rings. The molecule has 168 valence electrons. The highest BCUT2D eigenvalue weighted by molar-refractivity contribution is 5.89. The first-order valence-electron chi connectivity index (χ1n) is 10.3. The summed E-state index contributed by atoms with van der Waals surface area (Å²) in [7, 11) is 0. The number of nitrogens with one attached hydrogen (secondary N) is 1. The molecule has 0 aliphatic carbocycles. The third-order valence-corrected chi connectivity index (χ3v) is 5.08. The third kappa shape index (κ3) is 5.02. The van der Waals surface area contributed by atoms with Crippen LogP contribution in [0.3, 0.4) is 0 Å². The van der Waals surface area contributed by atoms with Crippen LogP contribution in [0.2, 0.25) is 0 Å². The minimum Gasteiger partial charge on any atom is -0.458 e.